The summed E-state index contributed by atoms with van der Waals surface area (Å²) >= 11 is 0. The average Bonchev–Trinajstić information content (AvgIpc) is 2.67. The fraction of sp³-hybridized carbons (Fsp3) is 0.211. The number of hydrogen-bond acceptors (Lipinski definition) is 5. The van der Waals surface area contributed by atoms with Crippen molar-refractivity contribution in [2.24, 2.45) is 5.73 Å². The molecule has 0 aliphatic rings. The molecule has 3 aromatic rings. The maximum Gasteiger partial charge on any atom is 0.223 e. The lowest BCUT2D eigenvalue weighted by Gasteiger charge is -2.12. The molecule has 2 heterocycles. The maximum absolute atomic E-state index is 13.2. The van der Waals surface area contributed by atoms with Crippen LogP contribution in [0.1, 0.15) is 12.8 Å². The lowest BCUT2D eigenvalue weighted by atomic mass is 10.0. The highest BCUT2D eigenvalue weighted by molar-refractivity contribution is 5.85. The van der Waals surface area contributed by atoms with Crippen LogP contribution < -0.4 is 11.1 Å². The van der Waals surface area contributed by atoms with Crippen LogP contribution in [-0.2, 0) is 0 Å². The number of hydrogen-bond donors (Lipinski definition) is 2. The third kappa shape index (κ3) is 4.97. The SMILES string of the molecule is Cl.NCCCCNc1ncc(-c2ccc(F)cc2)c(-c2ccncc2)n1. The normalized spacial score (nSPS) is 10.2. The number of nitrogens with zero attached hydrogens (tertiary/aromatic N) is 3. The molecule has 26 heavy (non-hydrogen) atoms. The summed E-state index contributed by atoms with van der Waals surface area (Å²) in [6.07, 6.45) is 7.13. The molecule has 2 aromatic heterocycles. The number of halogens is 2. The number of anilines is 1. The van der Waals surface area contributed by atoms with Gasteiger partial charge in [0.25, 0.3) is 0 Å². The summed E-state index contributed by atoms with van der Waals surface area (Å²) in [5.41, 5.74) is 8.94. The third-order valence-corrected chi connectivity index (χ3v) is 3.81. The minimum absolute atomic E-state index is 0. The number of benzene rings is 1. The largest absolute Gasteiger partial charge is 0.354 e. The van der Waals surface area contributed by atoms with Crippen LogP contribution in [0.4, 0.5) is 10.3 Å². The first kappa shape index (κ1) is 19.8. The Morgan fingerprint density at radius 1 is 0.962 bits per heavy atom. The predicted molar refractivity (Wildman–Crippen MR) is 105 cm³/mol. The van der Waals surface area contributed by atoms with Crippen molar-refractivity contribution in [1.29, 1.82) is 0 Å². The summed E-state index contributed by atoms with van der Waals surface area (Å²) in [5, 5.41) is 3.22. The quantitative estimate of drug-likeness (QED) is 0.614. The second-order valence-electron chi connectivity index (χ2n) is 5.62. The fourth-order valence-corrected chi connectivity index (χ4v) is 2.51. The van der Waals surface area contributed by atoms with Crippen molar-refractivity contribution in [3.8, 4) is 22.4 Å². The first-order valence-corrected chi connectivity index (χ1v) is 8.25. The zero-order valence-corrected chi connectivity index (χ0v) is 15.0. The van der Waals surface area contributed by atoms with Crippen LogP contribution in [0.15, 0.2) is 55.0 Å². The minimum atomic E-state index is -0.270. The second kappa shape index (κ2) is 9.79. The summed E-state index contributed by atoms with van der Waals surface area (Å²) in [6, 6.07) is 10.1. The van der Waals surface area contributed by atoms with E-state index in [0.717, 1.165) is 41.8 Å². The van der Waals surface area contributed by atoms with Gasteiger partial charge in [0.1, 0.15) is 5.82 Å². The van der Waals surface area contributed by atoms with E-state index in [1.807, 2.05) is 12.1 Å². The van der Waals surface area contributed by atoms with Crippen LogP contribution in [0.5, 0.6) is 0 Å². The molecule has 7 heteroatoms. The van der Waals surface area contributed by atoms with Crippen LogP contribution in [0.2, 0.25) is 0 Å². The van der Waals surface area contributed by atoms with Gasteiger partial charge in [-0.1, -0.05) is 12.1 Å². The van der Waals surface area contributed by atoms with Gasteiger partial charge in [-0.25, -0.2) is 14.4 Å². The van der Waals surface area contributed by atoms with E-state index in [9.17, 15) is 4.39 Å². The van der Waals surface area contributed by atoms with Gasteiger partial charge in [-0.2, -0.15) is 0 Å². The Kier molecular flexibility index (Phi) is 7.44. The topological polar surface area (TPSA) is 76.7 Å². The number of nitrogens with one attached hydrogen (secondary N) is 1. The Labute approximate surface area is 158 Å². The summed E-state index contributed by atoms with van der Waals surface area (Å²) in [5.74, 6) is 0.294. The number of rotatable bonds is 7. The third-order valence-electron chi connectivity index (χ3n) is 3.81. The molecule has 136 valence electrons. The number of aromatic nitrogens is 3. The van der Waals surface area contributed by atoms with Gasteiger partial charge in [0.05, 0.1) is 5.69 Å². The first-order chi connectivity index (χ1) is 12.3. The van der Waals surface area contributed by atoms with Crippen LogP contribution >= 0.6 is 12.4 Å². The Balaban J connectivity index is 0.00000243. The van der Waals surface area contributed by atoms with Gasteiger partial charge in [0.15, 0.2) is 0 Å². The number of nitrogens with two attached hydrogens (primary N) is 1. The molecular weight excluding hydrogens is 353 g/mol. The molecule has 0 atom stereocenters. The Morgan fingerprint density at radius 2 is 1.69 bits per heavy atom. The van der Waals surface area contributed by atoms with Crippen molar-refractivity contribution in [3.63, 3.8) is 0 Å². The second-order valence-corrected chi connectivity index (χ2v) is 5.62. The summed E-state index contributed by atoms with van der Waals surface area (Å²) < 4.78 is 13.2. The average molecular weight is 374 g/mol. The summed E-state index contributed by atoms with van der Waals surface area (Å²) in [6.45, 7) is 1.44. The van der Waals surface area contributed by atoms with Gasteiger partial charge in [0.2, 0.25) is 5.95 Å². The van der Waals surface area contributed by atoms with E-state index < -0.39 is 0 Å². The van der Waals surface area contributed by atoms with Crippen LogP contribution in [0.3, 0.4) is 0 Å². The van der Waals surface area contributed by atoms with Gasteiger partial charge >= 0.3 is 0 Å². The van der Waals surface area contributed by atoms with E-state index in [2.05, 4.69) is 20.3 Å². The maximum atomic E-state index is 13.2. The van der Waals surface area contributed by atoms with E-state index in [0.29, 0.717) is 12.5 Å². The van der Waals surface area contributed by atoms with Crippen LogP contribution in [0.25, 0.3) is 22.4 Å². The van der Waals surface area contributed by atoms with E-state index in [-0.39, 0.29) is 18.2 Å². The predicted octanol–water partition coefficient (Wildman–Crippen LogP) is 3.92. The fourth-order valence-electron chi connectivity index (χ4n) is 2.51. The van der Waals surface area contributed by atoms with Crippen molar-refractivity contribution in [2.75, 3.05) is 18.4 Å². The zero-order valence-electron chi connectivity index (χ0n) is 14.2. The number of pyridine rings is 1. The Bertz CT molecular complexity index is 812. The van der Waals surface area contributed by atoms with Crippen molar-refractivity contribution >= 4 is 18.4 Å². The Morgan fingerprint density at radius 3 is 2.38 bits per heavy atom. The molecule has 1 aromatic carbocycles. The van der Waals surface area contributed by atoms with Crippen LogP contribution in [0, 0.1) is 5.82 Å². The molecule has 0 saturated carbocycles. The molecule has 3 rings (SSSR count). The summed E-state index contributed by atoms with van der Waals surface area (Å²) in [7, 11) is 0. The molecule has 0 bridgehead atoms. The van der Waals surface area contributed by atoms with E-state index >= 15 is 0 Å². The lowest BCUT2D eigenvalue weighted by molar-refractivity contribution is 0.628. The molecule has 0 radical (unpaired) electrons. The molecule has 0 spiro atoms. The highest BCUT2D eigenvalue weighted by Gasteiger charge is 2.11. The molecule has 0 fully saturated rings. The standard InChI is InChI=1S/C19H20FN5.ClH/c20-16-5-3-14(4-6-16)17-13-24-19(23-10-2-1-9-21)25-18(17)15-7-11-22-12-8-15;/h3-8,11-13H,1-2,9-10,21H2,(H,23,24,25);1H. The van der Waals surface area contributed by atoms with E-state index in [4.69, 9.17) is 5.73 Å². The van der Waals surface area contributed by atoms with Gasteiger partial charge < -0.3 is 11.1 Å². The summed E-state index contributed by atoms with van der Waals surface area (Å²) in [4.78, 5) is 13.1. The lowest BCUT2D eigenvalue weighted by Crippen LogP contribution is -2.08. The molecule has 0 saturated heterocycles. The zero-order chi connectivity index (χ0) is 17.5. The van der Waals surface area contributed by atoms with Gasteiger partial charge in [-0.05, 0) is 49.2 Å². The first-order valence-electron chi connectivity index (χ1n) is 8.25. The molecule has 0 amide bonds. The highest BCUT2D eigenvalue weighted by atomic mass is 35.5. The molecule has 5 nitrogen and oxygen atoms in total. The van der Waals surface area contributed by atoms with Crippen molar-refractivity contribution < 1.29 is 4.39 Å². The van der Waals surface area contributed by atoms with Gasteiger partial charge in [0, 0.05) is 36.3 Å². The minimum Gasteiger partial charge on any atom is -0.354 e. The molecule has 3 N–H and O–H groups in total. The van der Waals surface area contributed by atoms with Gasteiger partial charge in [-0.3, -0.25) is 4.98 Å². The van der Waals surface area contributed by atoms with E-state index in [1.54, 1.807) is 30.7 Å². The molecular formula is C19H21ClFN5. The van der Waals surface area contributed by atoms with Gasteiger partial charge in [-0.15, -0.1) is 12.4 Å². The van der Waals surface area contributed by atoms with E-state index in [1.165, 1.54) is 12.1 Å². The number of unbranched alkanes of at least 4 members (excludes halogenated alkanes) is 1. The Hall–Kier alpha value is -2.57. The highest BCUT2D eigenvalue weighted by Crippen LogP contribution is 2.30. The van der Waals surface area contributed by atoms with Crippen molar-refractivity contribution in [2.45, 2.75) is 12.8 Å². The monoisotopic (exact) mass is 373 g/mol. The van der Waals surface area contributed by atoms with Crippen molar-refractivity contribution in [3.05, 3.63) is 60.8 Å². The van der Waals surface area contributed by atoms with Crippen molar-refractivity contribution in [1.82, 2.24) is 15.0 Å². The molecule has 0 unspecified atom stereocenters. The molecule has 0 aliphatic carbocycles. The van der Waals surface area contributed by atoms with Crippen LogP contribution in [-0.4, -0.2) is 28.0 Å². The molecule has 0 aliphatic heterocycles. The smallest absolute Gasteiger partial charge is 0.223 e.